The van der Waals surface area contributed by atoms with Gasteiger partial charge < -0.3 is 31.7 Å². The SMILES string of the molecule is NC(CS(=O)(=O)NC1CCCC(Nc2cc(-c3c[nH]c4ncccc34)cc(Cl)n2)C1)N1C(=O)CC(C(=O)NC2CCC(Nc3cc(-c4c[nH]c5ncccc45)cc(Cl)n3)CC2)CC1=O. The first kappa shape index (κ1) is 43.6. The van der Waals surface area contributed by atoms with Crippen LogP contribution in [0.25, 0.3) is 44.3 Å². The number of piperidine rings is 1. The summed E-state index contributed by atoms with van der Waals surface area (Å²) < 4.78 is 29.6. The van der Waals surface area contributed by atoms with Gasteiger partial charge in [-0.15, -0.1) is 0 Å². The number of fused-ring (bicyclic) bond motifs is 2. The monoisotopic (exact) mass is 926 g/mol. The summed E-state index contributed by atoms with van der Waals surface area (Å²) in [5, 5.41) is 12.6. The van der Waals surface area contributed by atoms with Crippen molar-refractivity contribution in [1.82, 2.24) is 44.8 Å². The fourth-order valence-corrected chi connectivity index (χ4v) is 11.2. The summed E-state index contributed by atoms with van der Waals surface area (Å²) in [6.07, 6.45) is 10.8. The molecule has 0 bridgehead atoms. The quantitative estimate of drug-likeness (QED) is 0.0513. The standard InChI is InChI=1S/C44H48Cl2N12O5S/c45-35-14-24(33-21-50-42-31(33)6-2-12-48-42)16-38(55-35)52-27-8-10-28(11-9-27)54-44(61)26-18-40(59)58(41(60)19-26)37(47)23-64(62,63)57-30-5-1-4-29(20-30)53-39-17-25(15-36(46)56-39)34-22-51-43-32(34)7-3-13-49-43/h2-3,6-7,12-17,21-22,26-30,37,57H,1,4-5,8-11,18-20,23,47H2,(H,48,50)(H,49,51)(H,52,55)(H,53,56)(H,54,61). The van der Waals surface area contributed by atoms with Crippen molar-refractivity contribution >= 4 is 84.6 Å². The van der Waals surface area contributed by atoms with Gasteiger partial charge in [0.15, 0.2) is 0 Å². The van der Waals surface area contributed by atoms with Gasteiger partial charge >= 0.3 is 0 Å². The average molecular weight is 928 g/mol. The summed E-state index contributed by atoms with van der Waals surface area (Å²) in [5.41, 5.74) is 11.5. The van der Waals surface area contributed by atoms with Crippen LogP contribution in [0.5, 0.6) is 0 Å². The lowest BCUT2D eigenvalue weighted by atomic mass is 9.89. The molecule has 6 aromatic rings. The van der Waals surface area contributed by atoms with Gasteiger partial charge in [-0.2, -0.15) is 0 Å². The molecule has 0 aromatic carbocycles. The number of pyridine rings is 4. The van der Waals surface area contributed by atoms with Gasteiger partial charge in [0.2, 0.25) is 27.7 Å². The lowest BCUT2D eigenvalue weighted by molar-refractivity contribution is -0.155. The van der Waals surface area contributed by atoms with Gasteiger partial charge in [-0.1, -0.05) is 23.2 Å². The largest absolute Gasteiger partial charge is 0.367 e. The zero-order valence-electron chi connectivity index (χ0n) is 34.7. The summed E-state index contributed by atoms with van der Waals surface area (Å²) in [6, 6.07) is 14.6. The Kier molecular flexibility index (Phi) is 12.6. The second kappa shape index (κ2) is 18.4. The fraction of sp³-hybridized carbons (Fsp3) is 0.386. The Hall–Kier alpha value is -5.66. The molecule has 2 aliphatic carbocycles. The van der Waals surface area contributed by atoms with Gasteiger partial charge in [0.05, 0.1) is 11.7 Å². The number of nitrogens with zero attached hydrogens (tertiary/aromatic N) is 5. The van der Waals surface area contributed by atoms with Gasteiger partial charge in [-0.25, -0.2) is 33.1 Å². The van der Waals surface area contributed by atoms with Gasteiger partial charge in [-0.05, 0) is 111 Å². The van der Waals surface area contributed by atoms with Crippen LogP contribution in [-0.4, -0.2) is 97.0 Å². The van der Waals surface area contributed by atoms with E-state index in [1.807, 2.05) is 54.9 Å². The predicted octanol–water partition coefficient (Wildman–Crippen LogP) is 6.10. The average Bonchev–Trinajstić information content (AvgIpc) is 3.89. The number of halogens is 2. The van der Waals surface area contributed by atoms with Crippen LogP contribution in [0, 0.1) is 5.92 Å². The van der Waals surface area contributed by atoms with Crippen LogP contribution in [0.2, 0.25) is 10.3 Å². The van der Waals surface area contributed by atoms with E-state index in [0.717, 1.165) is 74.9 Å². The van der Waals surface area contributed by atoms with Crippen molar-refractivity contribution in [2.75, 3.05) is 16.4 Å². The number of hydrogen-bond donors (Lipinski definition) is 7. The maximum Gasteiger partial charge on any atom is 0.231 e. The molecule has 334 valence electrons. The summed E-state index contributed by atoms with van der Waals surface area (Å²) >= 11 is 12.9. The predicted molar refractivity (Wildman–Crippen MR) is 246 cm³/mol. The second-order valence-corrected chi connectivity index (χ2v) is 19.5. The van der Waals surface area contributed by atoms with Crippen LogP contribution in [0.3, 0.4) is 0 Å². The number of carbonyl (C=O) groups excluding carboxylic acids is 3. The molecule has 3 aliphatic rings. The van der Waals surface area contributed by atoms with E-state index in [0.29, 0.717) is 47.6 Å². The molecule has 2 saturated carbocycles. The van der Waals surface area contributed by atoms with Crippen molar-refractivity contribution in [3.05, 3.63) is 83.6 Å². The van der Waals surface area contributed by atoms with Crippen molar-refractivity contribution in [3.63, 3.8) is 0 Å². The van der Waals surface area contributed by atoms with Crippen molar-refractivity contribution < 1.29 is 22.8 Å². The zero-order valence-corrected chi connectivity index (χ0v) is 37.0. The minimum atomic E-state index is -4.03. The number of anilines is 2. The molecule has 17 nitrogen and oxygen atoms in total. The molecule has 9 rings (SSSR count). The number of H-pyrrole nitrogens is 2. The molecule has 3 atom stereocenters. The maximum absolute atomic E-state index is 13.4. The molecule has 64 heavy (non-hydrogen) atoms. The third kappa shape index (κ3) is 9.85. The highest BCUT2D eigenvalue weighted by Gasteiger charge is 2.41. The van der Waals surface area contributed by atoms with Crippen LogP contribution in [0.15, 0.2) is 73.3 Å². The Morgan fingerprint density at radius 3 is 1.88 bits per heavy atom. The molecule has 6 aromatic heterocycles. The van der Waals surface area contributed by atoms with E-state index >= 15 is 0 Å². The number of likely N-dealkylation sites (tertiary alicyclic amines) is 1. The number of amides is 3. The number of nitrogens with one attached hydrogen (secondary N) is 6. The molecule has 3 unspecified atom stereocenters. The lowest BCUT2D eigenvalue weighted by Crippen LogP contribution is -2.58. The summed E-state index contributed by atoms with van der Waals surface area (Å²) in [6.45, 7) is 0. The van der Waals surface area contributed by atoms with E-state index in [-0.39, 0.29) is 36.9 Å². The molecule has 7 heterocycles. The molecule has 20 heteroatoms. The van der Waals surface area contributed by atoms with Gasteiger partial charge in [-0.3, -0.25) is 19.3 Å². The molecular weight excluding hydrogens is 880 g/mol. The molecular formula is C44H48Cl2N12O5S. The highest BCUT2D eigenvalue weighted by atomic mass is 35.5. The molecule has 8 N–H and O–H groups in total. The summed E-state index contributed by atoms with van der Waals surface area (Å²) in [4.78, 5) is 64.9. The Morgan fingerprint density at radius 1 is 0.766 bits per heavy atom. The van der Waals surface area contributed by atoms with E-state index in [4.69, 9.17) is 28.9 Å². The Balaban J connectivity index is 0.734. The molecule has 3 amide bonds. The number of sulfonamides is 1. The summed E-state index contributed by atoms with van der Waals surface area (Å²) in [5.74, 6) is -2.07. The van der Waals surface area contributed by atoms with Gasteiger partial charge in [0.1, 0.15) is 39.4 Å². The topological polar surface area (TPSA) is 246 Å². The number of aromatic amines is 2. The first-order chi connectivity index (χ1) is 30.8. The highest BCUT2D eigenvalue weighted by Crippen LogP contribution is 2.34. The fourth-order valence-electron chi connectivity index (χ4n) is 9.38. The van der Waals surface area contributed by atoms with Crippen LogP contribution < -0.4 is 26.4 Å². The first-order valence-corrected chi connectivity index (χ1v) is 23.9. The number of carbonyl (C=O) groups is 3. The lowest BCUT2D eigenvalue weighted by Gasteiger charge is -2.35. The molecule has 0 radical (unpaired) electrons. The molecule has 1 aliphatic heterocycles. The van der Waals surface area contributed by atoms with Crippen LogP contribution in [0.1, 0.15) is 64.2 Å². The van der Waals surface area contributed by atoms with Crippen LogP contribution in [-0.2, 0) is 24.4 Å². The number of imide groups is 1. The van der Waals surface area contributed by atoms with E-state index in [1.165, 1.54) is 0 Å². The third-order valence-electron chi connectivity index (χ3n) is 12.4. The highest BCUT2D eigenvalue weighted by molar-refractivity contribution is 7.89. The minimum absolute atomic E-state index is 0.0986. The second-order valence-electron chi connectivity index (χ2n) is 17.0. The van der Waals surface area contributed by atoms with Crippen molar-refractivity contribution in [2.24, 2.45) is 11.7 Å². The zero-order chi connectivity index (χ0) is 44.5. The normalized spacial score (nSPS) is 21.6. The molecule has 3 fully saturated rings. The third-order valence-corrected chi connectivity index (χ3v) is 14.2. The number of nitrogens with two attached hydrogens (primary N) is 1. The van der Waals surface area contributed by atoms with E-state index in [1.54, 1.807) is 18.5 Å². The summed E-state index contributed by atoms with van der Waals surface area (Å²) in [7, 11) is -4.03. The Labute approximate surface area is 379 Å². The van der Waals surface area contributed by atoms with Crippen LogP contribution in [0.4, 0.5) is 11.6 Å². The molecule has 1 saturated heterocycles. The smallest absolute Gasteiger partial charge is 0.231 e. The number of hydrogen-bond acceptors (Lipinski definition) is 12. The van der Waals surface area contributed by atoms with E-state index < -0.39 is 45.7 Å². The number of rotatable bonds is 13. The van der Waals surface area contributed by atoms with Crippen LogP contribution >= 0.6 is 23.2 Å². The van der Waals surface area contributed by atoms with Crippen molar-refractivity contribution in [2.45, 2.75) is 94.5 Å². The minimum Gasteiger partial charge on any atom is -0.367 e. The molecule has 0 spiro atoms. The number of aromatic nitrogens is 6. The van der Waals surface area contributed by atoms with Crippen molar-refractivity contribution in [3.8, 4) is 22.3 Å². The van der Waals surface area contributed by atoms with Gasteiger partial charge in [0, 0.05) is 83.7 Å². The van der Waals surface area contributed by atoms with Crippen molar-refractivity contribution in [1.29, 1.82) is 0 Å². The Morgan fingerprint density at radius 2 is 1.30 bits per heavy atom. The first-order valence-electron chi connectivity index (χ1n) is 21.5. The van der Waals surface area contributed by atoms with E-state index in [9.17, 15) is 22.8 Å². The van der Waals surface area contributed by atoms with E-state index in [2.05, 4.69) is 50.6 Å². The Bertz CT molecular complexity index is 2810. The maximum atomic E-state index is 13.4. The van der Waals surface area contributed by atoms with Gasteiger partial charge in [0.25, 0.3) is 0 Å².